The molecule has 21 heavy (non-hydrogen) atoms. The number of halogens is 1. The van der Waals surface area contributed by atoms with Crippen LogP contribution in [0, 0.1) is 5.92 Å². The zero-order valence-corrected chi connectivity index (χ0v) is 12.7. The van der Waals surface area contributed by atoms with Gasteiger partial charge in [-0.3, -0.25) is 4.79 Å². The average Bonchev–Trinajstić information content (AvgIpc) is 2.94. The molecule has 0 saturated heterocycles. The Morgan fingerprint density at radius 2 is 2.10 bits per heavy atom. The molecule has 0 amide bonds. The molecule has 0 bridgehead atoms. The number of fused-ring (bicyclic) bond motifs is 2. The first-order chi connectivity index (χ1) is 10.2. The summed E-state index contributed by atoms with van der Waals surface area (Å²) < 4.78 is 2.83. The molecule has 0 radical (unpaired) electrons. The van der Waals surface area contributed by atoms with E-state index in [-0.39, 0.29) is 17.7 Å². The van der Waals surface area contributed by atoms with Gasteiger partial charge >= 0.3 is 0 Å². The van der Waals surface area contributed by atoms with Crippen molar-refractivity contribution in [1.29, 1.82) is 0 Å². The fourth-order valence-corrected chi connectivity index (χ4v) is 3.37. The summed E-state index contributed by atoms with van der Waals surface area (Å²) in [7, 11) is 0. The van der Waals surface area contributed by atoms with Crippen LogP contribution in [-0.2, 0) is 4.79 Å². The number of Topliss-reactive ketones (excluding diaryl/α,β-unsaturated/α-hetero) is 1. The number of carbonyl (C=O) groups is 1. The summed E-state index contributed by atoms with van der Waals surface area (Å²) in [5, 5.41) is 7.56. The van der Waals surface area contributed by atoms with Crippen molar-refractivity contribution in [1.82, 2.24) is 14.8 Å². The van der Waals surface area contributed by atoms with E-state index >= 15 is 0 Å². The number of allylic oxidation sites excluding steroid dienone is 2. The molecule has 6 heteroatoms. The van der Waals surface area contributed by atoms with Crippen molar-refractivity contribution >= 4 is 27.7 Å². The zero-order chi connectivity index (χ0) is 14.4. The highest BCUT2D eigenvalue weighted by atomic mass is 79.9. The van der Waals surface area contributed by atoms with Gasteiger partial charge < -0.3 is 5.32 Å². The van der Waals surface area contributed by atoms with Gasteiger partial charge in [0.1, 0.15) is 12.1 Å². The van der Waals surface area contributed by atoms with Crippen molar-refractivity contribution in [3.8, 4) is 0 Å². The van der Waals surface area contributed by atoms with Crippen molar-refractivity contribution < 1.29 is 4.79 Å². The molecule has 2 heterocycles. The molecular formula is C15H13BrN4O. The van der Waals surface area contributed by atoms with Crippen LogP contribution in [0.25, 0.3) is 0 Å². The topological polar surface area (TPSA) is 59.8 Å². The van der Waals surface area contributed by atoms with E-state index in [1.54, 1.807) is 0 Å². The standard InChI is InChI=1S/C15H13BrN4O/c16-10-6-4-9(5-7-10)14-13-11(2-1-3-12(13)21)19-15-17-8-18-20(14)15/h2,4-8,13-14H,1,3H2,(H,17,18,19). The van der Waals surface area contributed by atoms with Gasteiger partial charge in [0.2, 0.25) is 5.95 Å². The molecule has 1 N–H and O–H groups in total. The molecule has 5 nitrogen and oxygen atoms in total. The lowest BCUT2D eigenvalue weighted by molar-refractivity contribution is -0.123. The van der Waals surface area contributed by atoms with Crippen LogP contribution in [0.1, 0.15) is 24.4 Å². The highest BCUT2D eigenvalue weighted by molar-refractivity contribution is 9.10. The molecule has 2 atom stereocenters. The molecule has 1 aromatic heterocycles. The van der Waals surface area contributed by atoms with E-state index in [0.717, 1.165) is 22.2 Å². The van der Waals surface area contributed by atoms with Gasteiger partial charge in [0, 0.05) is 16.6 Å². The van der Waals surface area contributed by atoms with Gasteiger partial charge in [-0.05, 0) is 24.1 Å². The second-order valence-corrected chi connectivity index (χ2v) is 6.21. The lowest BCUT2D eigenvalue weighted by Crippen LogP contribution is -2.38. The van der Waals surface area contributed by atoms with Gasteiger partial charge in [0.05, 0.1) is 12.0 Å². The second-order valence-electron chi connectivity index (χ2n) is 5.29. The lowest BCUT2D eigenvalue weighted by atomic mass is 9.81. The summed E-state index contributed by atoms with van der Waals surface area (Å²) in [4.78, 5) is 16.7. The zero-order valence-electron chi connectivity index (χ0n) is 11.2. The van der Waals surface area contributed by atoms with E-state index in [2.05, 4.69) is 37.4 Å². The SMILES string of the molecule is O=C1CCC=C2Nc3ncnn3C(c3ccc(Br)cc3)C12. The molecule has 4 rings (SSSR count). The molecule has 1 aliphatic carbocycles. The number of aromatic nitrogens is 3. The van der Waals surface area contributed by atoms with Crippen molar-refractivity contribution in [3.63, 3.8) is 0 Å². The lowest BCUT2D eigenvalue weighted by Gasteiger charge is -2.36. The van der Waals surface area contributed by atoms with Gasteiger partial charge in [-0.2, -0.15) is 10.1 Å². The first-order valence-corrected chi connectivity index (χ1v) is 7.68. The number of carbonyl (C=O) groups excluding carboxylic acids is 1. The molecule has 2 aliphatic rings. The number of rotatable bonds is 1. The van der Waals surface area contributed by atoms with Gasteiger partial charge in [-0.1, -0.05) is 34.1 Å². The van der Waals surface area contributed by atoms with Crippen LogP contribution in [0.15, 0.2) is 46.8 Å². The molecular weight excluding hydrogens is 332 g/mol. The Hall–Kier alpha value is -1.95. The Morgan fingerprint density at radius 1 is 1.29 bits per heavy atom. The average molecular weight is 345 g/mol. The van der Waals surface area contributed by atoms with Crippen LogP contribution in [0.5, 0.6) is 0 Å². The number of nitrogens with zero attached hydrogens (tertiary/aromatic N) is 3. The summed E-state index contributed by atoms with van der Waals surface area (Å²) in [5.41, 5.74) is 2.03. The molecule has 0 saturated carbocycles. The first-order valence-electron chi connectivity index (χ1n) is 6.89. The van der Waals surface area contributed by atoms with Crippen molar-refractivity contribution in [3.05, 3.63) is 52.4 Å². The fourth-order valence-electron chi connectivity index (χ4n) is 3.11. The third-order valence-corrected chi connectivity index (χ3v) is 4.59. The Balaban J connectivity index is 1.89. The first kappa shape index (κ1) is 12.8. The van der Waals surface area contributed by atoms with Gasteiger partial charge in [0.25, 0.3) is 0 Å². The maximum absolute atomic E-state index is 12.5. The van der Waals surface area contributed by atoms with E-state index in [0.29, 0.717) is 12.4 Å². The number of nitrogens with one attached hydrogen (secondary N) is 1. The molecule has 2 aromatic rings. The van der Waals surface area contributed by atoms with Crippen molar-refractivity contribution in [2.45, 2.75) is 18.9 Å². The summed E-state index contributed by atoms with van der Waals surface area (Å²) in [6.45, 7) is 0. The van der Waals surface area contributed by atoms with Crippen LogP contribution < -0.4 is 5.32 Å². The minimum absolute atomic E-state index is 0.129. The van der Waals surface area contributed by atoms with E-state index in [9.17, 15) is 4.79 Å². The second kappa shape index (κ2) is 4.80. The summed E-state index contributed by atoms with van der Waals surface area (Å²) in [6.07, 6.45) is 5.01. The third kappa shape index (κ3) is 2.01. The van der Waals surface area contributed by atoms with Crippen LogP contribution in [0.4, 0.5) is 5.95 Å². The number of benzene rings is 1. The van der Waals surface area contributed by atoms with Crippen LogP contribution in [0.2, 0.25) is 0 Å². The van der Waals surface area contributed by atoms with E-state index < -0.39 is 0 Å². The highest BCUT2D eigenvalue weighted by Crippen LogP contribution is 2.40. The summed E-state index contributed by atoms with van der Waals surface area (Å²) >= 11 is 3.45. The Bertz CT molecular complexity index is 734. The number of anilines is 1. The van der Waals surface area contributed by atoms with E-state index in [1.165, 1.54) is 6.33 Å². The maximum atomic E-state index is 12.5. The predicted molar refractivity (Wildman–Crippen MR) is 81.7 cm³/mol. The normalized spacial score (nSPS) is 23.9. The summed E-state index contributed by atoms with van der Waals surface area (Å²) in [6, 6.07) is 7.92. The fraction of sp³-hybridized carbons (Fsp3) is 0.267. The van der Waals surface area contributed by atoms with Crippen LogP contribution >= 0.6 is 15.9 Å². The van der Waals surface area contributed by atoms with Crippen molar-refractivity contribution in [2.75, 3.05) is 5.32 Å². The summed E-state index contributed by atoms with van der Waals surface area (Å²) in [5.74, 6) is 0.753. The van der Waals surface area contributed by atoms with Gasteiger partial charge in [0.15, 0.2) is 0 Å². The highest BCUT2D eigenvalue weighted by Gasteiger charge is 2.40. The predicted octanol–water partition coefficient (Wildman–Crippen LogP) is 2.92. The third-order valence-electron chi connectivity index (χ3n) is 4.06. The minimum Gasteiger partial charge on any atom is -0.328 e. The van der Waals surface area contributed by atoms with Crippen LogP contribution in [-0.4, -0.2) is 20.5 Å². The smallest absolute Gasteiger partial charge is 0.226 e. The van der Waals surface area contributed by atoms with E-state index in [1.807, 2.05) is 28.9 Å². The maximum Gasteiger partial charge on any atom is 0.226 e. The molecule has 0 spiro atoms. The molecule has 0 fully saturated rings. The van der Waals surface area contributed by atoms with Gasteiger partial charge in [-0.25, -0.2) is 4.68 Å². The Labute approximate surface area is 130 Å². The number of ketones is 1. The van der Waals surface area contributed by atoms with E-state index in [4.69, 9.17) is 0 Å². The number of hydrogen-bond acceptors (Lipinski definition) is 4. The largest absolute Gasteiger partial charge is 0.328 e. The quantitative estimate of drug-likeness (QED) is 0.863. The molecule has 1 aliphatic heterocycles. The molecule has 1 aromatic carbocycles. The monoisotopic (exact) mass is 344 g/mol. The Kier molecular flexibility index (Phi) is 2.92. The molecule has 2 unspecified atom stereocenters. The van der Waals surface area contributed by atoms with Crippen molar-refractivity contribution in [2.24, 2.45) is 5.92 Å². The van der Waals surface area contributed by atoms with Crippen LogP contribution in [0.3, 0.4) is 0 Å². The minimum atomic E-state index is -0.200. The van der Waals surface area contributed by atoms with Gasteiger partial charge in [-0.15, -0.1) is 0 Å². The Morgan fingerprint density at radius 3 is 2.90 bits per heavy atom. The number of hydrogen-bond donors (Lipinski definition) is 1. The molecule has 106 valence electrons.